The van der Waals surface area contributed by atoms with Gasteiger partial charge >= 0.3 is 21.1 Å². The Bertz CT molecular complexity index is 1070. The first-order valence-electron chi connectivity index (χ1n) is 13.6. The van der Waals surface area contributed by atoms with Crippen LogP contribution in [-0.4, -0.2) is 22.8 Å². The van der Waals surface area contributed by atoms with E-state index < -0.39 is 0 Å². The van der Waals surface area contributed by atoms with E-state index in [9.17, 15) is 0 Å². The molecule has 1 aromatic rings. The third-order valence-corrected chi connectivity index (χ3v) is 8.53. The molecule has 0 bridgehead atoms. The normalized spacial score (nSPS) is 33.4. The number of aromatic nitrogens is 1. The molecule has 0 amide bonds. The van der Waals surface area contributed by atoms with Crippen LogP contribution in [0.4, 0.5) is 0 Å². The average molecular weight is 666 g/mol. The van der Waals surface area contributed by atoms with E-state index in [1.165, 1.54) is 22.5 Å². The number of rotatable bonds is 7. The van der Waals surface area contributed by atoms with E-state index in [4.69, 9.17) is 15.6 Å². The average Bonchev–Trinajstić information content (AvgIpc) is 3.46. The molecule has 6 atom stereocenters. The zero-order valence-electron chi connectivity index (χ0n) is 22.9. The first kappa shape index (κ1) is 28.8. The molecule has 4 rings (SSSR count). The van der Waals surface area contributed by atoms with Crippen molar-refractivity contribution in [1.29, 1.82) is 0 Å². The molecule has 0 saturated carbocycles. The molecule has 6 unspecified atom stereocenters. The summed E-state index contributed by atoms with van der Waals surface area (Å²) in [6, 6.07) is 6.49. The molecule has 3 aliphatic heterocycles. The topological polar surface area (TPSA) is 53.5 Å². The molecular weight excluding hydrogens is 623 g/mol. The second kappa shape index (κ2) is 12.7. The monoisotopic (exact) mass is 665 g/mol. The van der Waals surface area contributed by atoms with Gasteiger partial charge < -0.3 is 10.6 Å². The van der Waals surface area contributed by atoms with Crippen molar-refractivity contribution in [3.8, 4) is 0 Å². The van der Waals surface area contributed by atoms with Crippen molar-refractivity contribution in [3.05, 3.63) is 81.1 Å². The summed E-state index contributed by atoms with van der Waals surface area (Å²) in [5.74, 6) is 1.99. The van der Waals surface area contributed by atoms with Crippen molar-refractivity contribution >= 4 is 11.8 Å². The Balaban J connectivity index is 0.00000361. The van der Waals surface area contributed by atoms with E-state index in [-0.39, 0.29) is 33.1 Å². The molecule has 36 heavy (non-hydrogen) atoms. The Labute approximate surface area is 233 Å². The second-order valence-corrected chi connectivity index (χ2v) is 10.3. The van der Waals surface area contributed by atoms with Gasteiger partial charge in [-0.2, -0.15) is 11.4 Å². The number of nitrogens with zero attached hydrogens (tertiary/aromatic N) is 4. The van der Waals surface area contributed by atoms with Crippen LogP contribution in [0.3, 0.4) is 0 Å². The maximum Gasteiger partial charge on any atom is 2.00 e. The van der Waals surface area contributed by atoms with E-state index in [1.807, 2.05) is 18.3 Å². The number of aliphatic imine (C=N–C) groups is 1. The van der Waals surface area contributed by atoms with Crippen LogP contribution in [0, 0.1) is 23.7 Å². The fourth-order valence-corrected chi connectivity index (χ4v) is 6.29. The molecule has 2 saturated heterocycles. The van der Waals surface area contributed by atoms with Crippen LogP contribution in [0.15, 0.2) is 69.8 Å². The van der Waals surface area contributed by atoms with Crippen LogP contribution in [0.2, 0.25) is 0 Å². The number of hydrogen-bond acceptors (Lipinski definition) is 2. The maximum atomic E-state index is 5.40. The first-order chi connectivity index (χ1) is 16.9. The van der Waals surface area contributed by atoms with E-state index in [0.29, 0.717) is 23.7 Å². The molecule has 4 heterocycles. The Morgan fingerprint density at radius 1 is 0.806 bits per heavy atom. The second-order valence-electron chi connectivity index (χ2n) is 10.3. The van der Waals surface area contributed by atoms with E-state index in [1.54, 1.807) is 0 Å². The van der Waals surface area contributed by atoms with Crippen molar-refractivity contribution in [2.45, 2.75) is 86.2 Å². The van der Waals surface area contributed by atoms with Crippen LogP contribution in [0.5, 0.6) is 0 Å². The van der Waals surface area contributed by atoms with Gasteiger partial charge in [-0.25, -0.2) is 0 Å². The minimum atomic E-state index is 0. The maximum absolute atomic E-state index is 5.40. The van der Waals surface area contributed by atoms with Gasteiger partial charge in [0.1, 0.15) is 0 Å². The van der Waals surface area contributed by atoms with Gasteiger partial charge in [0.2, 0.25) is 0 Å². The standard InChI is InChI=1S/C31H42N4.Pt/c1-8-23-24(9-2)30(34-28(23)16-22-14-12-13-15-32-22)18-31-26(11-4)25(10-3)29(35-31)17-27-20(6)19(5)21(7)33-27;/h12-18,23-26,29,31H,8-11H2,1-7H3;/q-2;+2/b27-17-,28-16-,30-18-;. The molecule has 4 nitrogen and oxygen atoms in total. The molecule has 1 aromatic heterocycles. The van der Waals surface area contributed by atoms with Crippen molar-refractivity contribution in [1.82, 2.24) is 4.98 Å². The molecule has 0 aromatic carbocycles. The summed E-state index contributed by atoms with van der Waals surface area (Å²) in [5, 5.41) is 10.6. The van der Waals surface area contributed by atoms with Crippen LogP contribution in [0.1, 0.15) is 79.8 Å². The van der Waals surface area contributed by atoms with Crippen LogP contribution < -0.4 is 0 Å². The summed E-state index contributed by atoms with van der Waals surface area (Å²) < 4.78 is 0. The molecular formula is C31H42N4Pt. The van der Waals surface area contributed by atoms with E-state index >= 15 is 0 Å². The summed E-state index contributed by atoms with van der Waals surface area (Å²) in [5.41, 5.74) is 8.27. The predicted molar refractivity (Wildman–Crippen MR) is 149 cm³/mol. The molecule has 0 N–H and O–H groups in total. The van der Waals surface area contributed by atoms with Crippen molar-refractivity contribution in [3.63, 3.8) is 0 Å². The minimum Gasteiger partial charge on any atom is -0.664 e. The quantitative estimate of drug-likeness (QED) is 0.288. The number of pyridine rings is 1. The fourth-order valence-electron chi connectivity index (χ4n) is 6.29. The van der Waals surface area contributed by atoms with Gasteiger partial charge in [0.25, 0.3) is 0 Å². The zero-order valence-corrected chi connectivity index (χ0v) is 25.2. The van der Waals surface area contributed by atoms with Gasteiger partial charge in [-0.3, -0.25) is 9.98 Å². The van der Waals surface area contributed by atoms with E-state index in [2.05, 4.69) is 77.7 Å². The van der Waals surface area contributed by atoms with Gasteiger partial charge in [0.15, 0.2) is 0 Å². The van der Waals surface area contributed by atoms with Crippen LogP contribution in [0.25, 0.3) is 16.7 Å². The Kier molecular flexibility index (Phi) is 10.1. The summed E-state index contributed by atoms with van der Waals surface area (Å²) in [6.07, 6.45) is 13.3. The van der Waals surface area contributed by atoms with Gasteiger partial charge in [0, 0.05) is 11.9 Å². The molecule has 0 aliphatic carbocycles. The Morgan fingerprint density at radius 3 is 1.97 bits per heavy atom. The van der Waals surface area contributed by atoms with Gasteiger partial charge in [0.05, 0.1) is 11.4 Å². The SMILES string of the molecule is CCC1/C(=C/c2ccccn2)[N-]/C(=C\C2[N-]C(/C=C3\N=C(C)C(C)=C3C)C(CC)C2CC)C1CC.[Pt+2]. The Morgan fingerprint density at radius 2 is 1.44 bits per heavy atom. The van der Waals surface area contributed by atoms with Crippen LogP contribution >= 0.6 is 0 Å². The number of allylic oxidation sites excluding steroid dienone is 4. The largest absolute Gasteiger partial charge is 2.00 e. The number of hydrogen-bond donors (Lipinski definition) is 0. The van der Waals surface area contributed by atoms with Crippen molar-refractivity contribution < 1.29 is 21.1 Å². The molecule has 2 fully saturated rings. The first-order valence-corrected chi connectivity index (χ1v) is 13.6. The summed E-state index contributed by atoms with van der Waals surface area (Å²) in [7, 11) is 0. The summed E-state index contributed by atoms with van der Waals surface area (Å²) >= 11 is 0. The third-order valence-electron chi connectivity index (χ3n) is 8.53. The minimum absolute atomic E-state index is 0. The van der Waals surface area contributed by atoms with Crippen molar-refractivity contribution in [2.24, 2.45) is 28.7 Å². The molecule has 0 spiro atoms. The summed E-state index contributed by atoms with van der Waals surface area (Å²) in [4.78, 5) is 9.37. The van der Waals surface area contributed by atoms with Crippen LogP contribution in [-0.2, 0) is 21.1 Å². The molecule has 196 valence electrons. The molecule has 3 aliphatic rings. The van der Waals surface area contributed by atoms with Gasteiger partial charge in [-0.1, -0.05) is 83.4 Å². The smallest absolute Gasteiger partial charge is 0.664 e. The zero-order chi connectivity index (χ0) is 25.1. The van der Waals surface area contributed by atoms with Gasteiger partial charge in [-0.15, -0.1) is 18.2 Å². The molecule has 0 radical (unpaired) electrons. The van der Waals surface area contributed by atoms with Gasteiger partial charge in [-0.05, 0) is 55.9 Å². The van der Waals surface area contributed by atoms with E-state index in [0.717, 1.165) is 42.8 Å². The summed E-state index contributed by atoms with van der Waals surface area (Å²) in [6.45, 7) is 15.7. The fraction of sp³-hybridized carbons (Fsp3) is 0.548. The predicted octanol–water partition coefficient (Wildman–Crippen LogP) is 8.62. The third kappa shape index (κ3) is 5.70. The van der Waals surface area contributed by atoms with Crippen molar-refractivity contribution in [2.75, 3.05) is 0 Å². The molecule has 5 heteroatoms. The Hall–Kier alpha value is -1.77.